The number of hydrogen-bond acceptors (Lipinski definition) is 7. The number of hydrogen-bond donors (Lipinski definition) is 4. The summed E-state index contributed by atoms with van der Waals surface area (Å²) in [7, 11) is -3.90. The number of amides is 1. The van der Waals surface area contributed by atoms with Crippen LogP contribution in [0.5, 0.6) is 0 Å². The molecule has 3 atom stereocenters. The molecule has 0 aliphatic carbocycles. The van der Waals surface area contributed by atoms with Crippen LogP contribution in [0.3, 0.4) is 0 Å². The van der Waals surface area contributed by atoms with E-state index in [0.717, 1.165) is 5.56 Å². The van der Waals surface area contributed by atoms with Crippen molar-refractivity contribution in [3.05, 3.63) is 59.9 Å². The molecule has 10 heteroatoms. The van der Waals surface area contributed by atoms with Crippen LogP contribution >= 0.6 is 0 Å². The van der Waals surface area contributed by atoms with Gasteiger partial charge in [-0.3, -0.25) is 19.9 Å². The summed E-state index contributed by atoms with van der Waals surface area (Å²) < 4.78 is 28.0. The monoisotopic (exact) mass is 446 g/mol. The molecule has 1 aliphatic rings. The minimum absolute atomic E-state index is 0.0618. The van der Waals surface area contributed by atoms with Gasteiger partial charge in [0.25, 0.3) is 5.91 Å². The van der Waals surface area contributed by atoms with Crippen LogP contribution < -0.4 is 15.4 Å². The maximum atomic E-state index is 12.7. The zero-order chi connectivity index (χ0) is 22.6. The topological polar surface area (TPSA) is 137 Å². The molecule has 9 nitrogen and oxygen atoms in total. The Morgan fingerprint density at radius 1 is 1.16 bits per heavy atom. The smallest absolute Gasteiger partial charge is 0.289 e. The second-order valence-electron chi connectivity index (χ2n) is 7.77. The highest BCUT2D eigenvalue weighted by Gasteiger charge is 2.34. The molecule has 1 amide bonds. The molecule has 0 radical (unpaired) electrons. The number of ketones is 1. The van der Waals surface area contributed by atoms with E-state index in [-0.39, 0.29) is 23.8 Å². The molecule has 1 aliphatic heterocycles. The maximum absolute atomic E-state index is 12.7. The molecule has 1 aromatic carbocycles. The Labute approximate surface area is 181 Å². The summed E-state index contributed by atoms with van der Waals surface area (Å²) in [6.07, 6.45) is 0.238. The number of Topliss-reactive ketones (excluding diaryl/α,β-unsaturated/α-hetero) is 1. The average molecular weight is 447 g/mol. The van der Waals surface area contributed by atoms with Crippen molar-refractivity contribution in [3.8, 4) is 0 Å². The number of carbonyl (C=O) groups excluding carboxylic acids is 2. The first-order valence-corrected chi connectivity index (χ1v) is 11.4. The zero-order valence-electron chi connectivity index (χ0n) is 17.3. The largest absolute Gasteiger partial charge is 0.377 e. The molecule has 2 aromatic rings. The van der Waals surface area contributed by atoms with E-state index in [0.29, 0.717) is 5.69 Å². The Morgan fingerprint density at radius 3 is 2.55 bits per heavy atom. The number of fused-ring (bicyclic) bond motifs is 2. The number of sulfonamides is 1. The first-order chi connectivity index (χ1) is 14.7. The Morgan fingerprint density at radius 2 is 1.87 bits per heavy atom. The van der Waals surface area contributed by atoms with E-state index in [9.17, 15) is 23.1 Å². The first kappa shape index (κ1) is 23.0. The highest BCUT2D eigenvalue weighted by molar-refractivity contribution is 7.89. The molecule has 1 aromatic heterocycles. The minimum atomic E-state index is -3.90. The lowest BCUT2D eigenvalue weighted by molar-refractivity contribution is -0.139. The Bertz CT molecular complexity index is 1040. The number of benzene rings is 1. The Balaban J connectivity index is 1.81. The van der Waals surface area contributed by atoms with Gasteiger partial charge in [0.2, 0.25) is 15.8 Å². The van der Waals surface area contributed by atoms with Gasteiger partial charge in [0.1, 0.15) is 6.23 Å². The number of nitrogens with zero attached hydrogens (tertiary/aromatic N) is 1. The fourth-order valence-electron chi connectivity index (χ4n) is 3.34. The maximum Gasteiger partial charge on any atom is 0.289 e. The third-order valence-electron chi connectivity index (χ3n) is 5.06. The van der Waals surface area contributed by atoms with E-state index < -0.39 is 40.0 Å². The van der Waals surface area contributed by atoms with Crippen LogP contribution in [-0.4, -0.2) is 48.5 Å². The minimum Gasteiger partial charge on any atom is -0.377 e. The zero-order valence-corrected chi connectivity index (χ0v) is 18.1. The first-order valence-electron chi connectivity index (χ1n) is 9.94. The highest BCUT2D eigenvalue weighted by Crippen LogP contribution is 2.15. The summed E-state index contributed by atoms with van der Waals surface area (Å²) >= 11 is 0. The molecule has 2 bridgehead atoms. The summed E-state index contributed by atoms with van der Waals surface area (Å²) in [6.45, 7) is 3.68. The van der Waals surface area contributed by atoms with Gasteiger partial charge in [0, 0.05) is 24.9 Å². The lowest BCUT2D eigenvalue weighted by Gasteiger charge is -2.30. The molecular formula is C21H26N4O5S. The average Bonchev–Trinajstić information content (AvgIpc) is 2.78. The lowest BCUT2D eigenvalue weighted by atomic mass is 10.0. The van der Waals surface area contributed by atoms with Gasteiger partial charge >= 0.3 is 0 Å². The summed E-state index contributed by atoms with van der Waals surface area (Å²) in [5.41, 5.74) is 1.39. The van der Waals surface area contributed by atoms with Crippen LogP contribution in [0, 0.1) is 5.92 Å². The molecule has 0 fully saturated rings. The molecule has 4 N–H and O–H groups in total. The summed E-state index contributed by atoms with van der Waals surface area (Å²) in [5, 5.41) is 16.1. The number of pyridine rings is 1. The Kier molecular flexibility index (Phi) is 7.16. The summed E-state index contributed by atoms with van der Waals surface area (Å²) in [6, 6.07) is 9.29. The number of aliphatic hydroxyl groups is 1. The Hall–Kier alpha value is -2.66. The van der Waals surface area contributed by atoms with Gasteiger partial charge in [-0.15, -0.1) is 0 Å². The van der Waals surface area contributed by atoms with E-state index in [2.05, 4.69) is 20.3 Å². The van der Waals surface area contributed by atoms with Crippen molar-refractivity contribution in [2.24, 2.45) is 5.92 Å². The summed E-state index contributed by atoms with van der Waals surface area (Å²) in [5.74, 6) is -1.85. The molecule has 3 unspecified atom stereocenters. The number of rotatable bonds is 7. The fraction of sp³-hybridized carbons (Fsp3) is 0.381. The van der Waals surface area contributed by atoms with Crippen LogP contribution in [0.15, 0.2) is 53.6 Å². The number of carbonyl (C=O) groups is 2. The van der Waals surface area contributed by atoms with Gasteiger partial charge in [0.15, 0.2) is 0 Å². The lowest BCUT2D eigenvalue weighted by Crippen LogP contribution is -2.58. The normalized spacial score (nSPS) is 19.2. The highest BCUT2D eigenvalue weighted by atomic mass is 32.2. The number of aliphatic hydroxyl groups excluding tert-OH is 1. The van der Waals surface area contributed by atoms with Gasteiger partial charge in [-0.25, -0.2) is 13.1 Å². The molecule has 166 valence electrons. The van der Waals surface area contributed by atoms with Crippen molar-refractivity contribution in [2.45, 2.75) is 50.0 Å². The van der Waals surface area contributed by atoms with Crippen LogP contribution in [0.25, 0.3) is 0 Å². The van der Waals surface area contributed by atoms with E-state index in [1.54, 1.807) is 50.4 Å². The van der Waals surface area contributed by atoms with Crippen molar-refractivity contribution >= 4 is 21.7 Å². The molecule has 0 saturated carbocycles. The predicted octanol–water partition coefficient (Wildman–Crippen LogP) is 0.103. The van der Waals surface area contributed by atoms with Gasteiger partial charge in [-0.05, 0) is 35.7 Å². The van der Waals surface area contributed by atoms with Crippen molar-refractivity contribution in [3.63, 3.8) is 0 Å². The molecule has 2 heterocycles. The quantitative estimate of drug-likeness (QED) is 0.350. The third kappa shape index (κ3) is 5.73. The standard InChI is InChI=1S/C21H26N4O5S/c1-13(2)18(25-31(29,30)16-6-4-3-5-7-16)20(27)24-17-11-15-10-14(8-9-22-15)12-23-21(28)19(17)26/h3-10,13,17-18,20,24-25,27H,11-12H2,1-2H3,(H,23,28). The van der Waals surface area contributed by atoms with Crippen LogP contribution in [0.1, 0.15) is 25.1 Å². The van der Waals surface area contributed by atoms with E-state index >= 15 is 0 Å². The van der Waals surface area contributed by atoms with Gasteiger partial charge in [-0.2, -0.15) is 0 Å². The molecule has 0 spiro atoms. The number of aromatic nitrogens is 1. The van der Waals surface area contributed by atoms with Gasteiger partial charge in [0.05, 0.1) is 17.0 Å². The van der Waals surface area contributed by atoms with Crippen molar-refractivity contribution in [1.82, 2.24) is 20.3 Å². The predicted molar refractivity (Wildman–Crippen MR) is 113 cm³/mol. The fourth-order valence-corrected chi connectivity index (χ4v) is 4.75. The van der Waals surface area contributed by atoms with Gasteiger partial charge in [-0.1, -0.05) is 32.0 Å². The second kappa shape index (κ2) is 9.65. The van der Waals surface area contributed by atoms with E-state index in [1.165, 1.54) is 12.1 Å². The van der Waals surface area contributed by atoms with Crippen molar-refractivity contribution in [1.29, 1.82) is 0 Å². The third-order valence-corrected chi connectivity index (χ3v) is 6.54. The van der Waals surface area contributed by atoms with Crippen molar-refractivity contribution < 1.29 is 23.1 Å². The molecule has 0 saturated heterocycles. The van der Waals surface area contributed by atoms with Crippen LogP contribution in [-0.2, 0) is 32.6 Å². The van der Waals surface area contributed by atoms with Crippen LogP contribution in [0.4, 0.5) is 0 Å². The van der Waals surface area contributed by atoms with E-state index in [1.807, 2.05) is 0 Å². The molecule has 31 heavy (non-hydrogen) atoms. The van der Waals surface area contributed by atoms with Crippen molar-refractivity contribution in [2.75, 3.05) is 0 Å². The summed E-state index contributed by atoms with van der Waals surface area (Å²) in [4.78, 5) is 29.2. The van der Waals surface area contributed by atoms with Gasteiger partial charge < -0.3 is 10.4 Å². The van der Waals surface area contributed by atoms with E-state index in [4.69, 9.17) is 0 Å². The second-order valence-corrected chi connectivity index (χ2v) is 9.49. The number of nitrogens with one attached hydrogen (secondary N) is 3. The SMILES string of the molecule is CC(C)C(NS(=O)(=O)c1ccccc1)C(O)NC1Cc2cc(ccn2)CNC(=O)C1=O. The van der Waals surface area contributed by atoms with Crippen LogP contribution in [0.2, 0.25) is 0 Å². The molecule has 3 rings (SSSR count). The molecular weight excluding hydrogens is 420 g/mol.